The average molecular weight is 993 g/mol. The zero-order chi connectivity index (χ0) is 51.8. The molecule has 1 aliphatic heterocycles. The number of ether oxygens (including phenoxy) is 2. The predicted molar refractivity (Wildman–Crippen MR) is 254 cm³/mol. The Labute approximate surface area is 404 Å². The third-order valence-corrected chi connectivity index (χ3v) is 11.8. The van der Waals surface area contributed by atoms with Crippen LogP contribution in [0, 0.1) is 6.92 Å². The zero-order valence-electron chi connectivity index (χ0n) is 39.4. The van der Waals surface area contributed by atoms with Crippen molar-refractivity contribution in [2.75, 3.05) is 39.9 Å². The number of rotatable bonds is 17. The molecule has 4 aromatic rings. The topological polar surface area (TPSA) is 374 Å². The fourth-order valence-corrected chi connectivity index (χ4v) is 7.65. The van der Waals surface area contributed by atoms with Gasteiger partial charge in [-0.1, -0.05) is 51.1 Å². The first kappa shape index (κ1) is 54.1. The van der Waals surface area contributed by atoms with Crippen molar-refractivity contribution < 1.29 is 62.3 Å². The smallest absolute Gasteiger partial charge is 0.326 e. The van der Waals surface area contributed by atoms with Gasteiger partial charge in [0.25, 0.3) is 16.1 Å². The minimum atomic E-state index is -4.51. The second-order valence-corrected chi connectivity index (χ2v) is 19.2. The van der Waals surface area contributed by atoms with E-state index in [1.807, 2.05) is 29.0 Å². The maximum atomic E-state index is 14.8. The van der Waals surface area contributed by atoms with Gasteiger partial charge in [-0.05, 0) is 60.2 Å². The molecule has 0 spiro atoms. The van der Waals surface area contributed by atoms with E-state index in [1.165, 1.54) is 50.4 Å². The lowest BCUT2D eigenvalue weighted by molar-refractivity contribution is -0.143. The number of likely N-dealkylation sites (N-methyl/N-ethyl adjacent to an activating group) is 1. The van der Waals surface area contributed by atoms with E-state index in [9.17, 15) is 52.8 Å². The highest BCUT2D eigenvalue weighted by Crippen LogP contribution is 2.45. The molecule has 4 bridgehead atoms. The molecule has 2 heterocycles. The highest BCUT2D eigenvalue weighted by molar-refractivity contribution is 7.87. The van der Waals surface area contributed by atoms with Crippen molar-refractivity contribution in [1.82, 2.24) is 35.5 Å². The molecule has 70 heavy (non-hydrogen) atoms. The number of benzene rings is 3. The number of aromatic hydroxyl groups is 1. The second-order valence-electron chi connectivity index (χ2n) is 17.8. The number of amides is 4. The molecule has 0 aliphatic carbocycles. The fourth-order valence-electron chi connectivity index (χ4n) is 7.25. The number of aliphatic carboxylic acids is 1. The number of hydrogen-bond acceptors (Lipinski definition) is 16. The van der Waals surface area contributed by atoms with Crippen molar-refractivity contribution in [1.29, 1.82) is 0 Å². The minimum absolute atomic E-state index is 0.0151. The Hall–Kier alpha value is -6.80. The quantitative estimate of drug-likeness (QED) is 0.0619. The first-order valence-corrected chi connectivity index (χ1v) is 23.5. The number of phenolic OH excluding ortho intramolecular Hbond substituents is 1. The van der Waals surface area contributed by atoms with E-state index >= 15 is 0 Å². The Morgan fingerprint density at radius 1 is 0.929 bits per heavy atom. The van der Waals surface area contributed by atoms with Gasteiger partial charge in [-0.3, -0.25) is 19.2 Å². The van der Waals surface area contributed by atoms with Crippen molar-refractivity contribution in [2.24, 2.45) is 16.6 Å². The van der Waals surface area contributed by atoms with E-state index in [4.69, 9.17) is 26.1 Å². The number of aryl methyl sites for hydroxylation is 1. The van der Waals surface area contributed by atoms with Gasteiger partial charge in [-0.15, -0.1) is 0 Å². The number of nitrogens with one attached hydrogen (secondary N) is 4. The van der Waals surface area contributed by atoms with Gasteiger partial charge in [0.05, 0.1) is 11.3 Å². The Bertz CT molecular complexity index is 2700. The molecule has 1 aliphatic rings. The zero-order valence-corrected chi connectivity index (χ0v) is 40.2. The van der Waals surface area contributed by atoms with Crippen LogP contribution in [0.1, 0.15) is 66.5 Å². The molecule has 0 saturated carbocycles. The number of carbonyl (C=O) groups is 5. The van der Waals surface area contributed by atoms with Gasteiger partial charge in [-0.25, -0.2) is 19.9 Å². The van der Waals surface area contributed by atoms with E-state index in [1.54, 1.807) is 0 Å². The Morgan fingerprint density at radius 2 is 1.56 bits per heavy atom. The summed E-state index contributed by atoms with van der Waals surface area (Å²) < 4.78 is 38.2. The van der Waals surface area contributed by atoms with Gasteiger partial charge in [0, 0.05) is 56.0 Å². The molecule has 0 radical (unpaired) electrons. The number of fused-ring (bicyclic) bond motifs is 5. The van der Waals surface area contributed by atoms with Crippen LogP contribution in [0.4, 0.5) is 0 Å². The van der Waals surface area contributed by atoms with Gasteiger partial charge in [0.1, 0.15) is 55.3 Å². The van der Waals surface area contributed by atoms with Gasteiger partial charge in [0.15, 0.2) is 17.3 Å². The Kier molecular flexibility index (Phi) is 17.6. The van der Waals surface area contributed by atoms with Gasteiger partial charge in [0.2, 0.25) is 17.7 Å². The van der Waals surface area contributed by atoms with E-state index < -0.39 is 95.1 Å². The summed E-state index contributed by atoms with van der Waals surface area (Å²) in [5.74, 6) is -6.07. The minimum Gasteiger partial charge on any atom is -0.504 e. The number of nitrogens with zero attached hydrogens (tertiary/aromatic N) is 3. The molecule has 14 N–H and O–H groups in total. The third-order valence-electron chi connectivity index (χ3n) is 11.3. The molecule has 24 heteroatoms. The largest absolute Gasteiger partial charge is 0.504 e. The van der Waals surface area contributed by atoms with Crippen LogP contribution in [0.5, 0.6) is 17.2 Å². The highest BCUT2D eigenvalue weighted by Gasteiger charge is 2.37. The Morgan fingerprint density at radius 3 is 2.13 bits per heavy atom. The van der Waals surface area contributed by atoms with Crippen LogP contribution in [0.3, 0.4) is 0 Å². The molecular weight excluding hydrogens is 933 g/mol. The number of carboxylic acid groups (broad SMARTS) is 1. The summed E-state index contributed by atoms with van der Waals surface area (Å²) in [7, 11) is -3.37. The highest BCUT2D eigenvalue weighted by atomic mass is 32.2. The number of phenols is 1. The van der Waals surface area contributed by atoms with Crippen LogP contribution in [-0.4, -0.2) is 144 Å². The molecular formula is C46H60N10O13S. The van der Waals surface area contributed by atoms with Gasteiger partial charge < -0.3 is 62.2 Å². The normalized spacial score (nSPS) is 17.7. The van der Waals surface area contributed by atoms with Crippen molar-refractivity contribution in [2.45, 2.75) is 82.8 Å². The molecule has 0 saturated heterocycles. The van der Waals surface area contributed by atoms with Gasteiger partial charge >= 0.3 is 5.97 Å². The monoisotopic (exact) mass is 992 g/mol. The van der Waals surface area contributed by atoms with Gasteiger partial charge in [-0.2, -0.15) is 13.1 Å². The van der Waals surface area contributed by atoms with Crippen LogP contribution < -0.4 is 46.8 Å². The summed E-state index contributed by atoms with van der Waals surface area (Å²) >= 11 is 0. The first-order valence-electron chi connectivity index (χ1n) is 22.0. The third kappa shape index (κ3) is 13.7. The fraction of sp³-hybridized carbons (Fsp3) is 0.413. The SMILES string of the molecule is Cc1nc(-c2ccc(C(C)(C)C)cc2)ncc1C(=O)N[C@@H](CNS(N)(=O)=O)C(=O)N(C)[C@@H]1C(=O)N[C@@H](C)C(=O)N[C@H](C(=O)O)Cc2ccc(OC[C@H](O)CN)c(c2)-c2cc1cc(OC[C@H](O)CN)c2O. The number of aromatic nitrogens is 2. The maximum absolute atomic E-state index is 14.8. The number of aliphatic hydroxyl groups is 2. The van der Waals surface area contributed by atoms with E-state index in [0.717, 1.165) is 17.5 Å². The van der Waals surface area contributed by atoms with Crippen LogP contribution in [0.2, 0.25) is 0 Å². The summed E-state index contributed by atoms with van der Waals surface area (Å²) in [5.41, 5.74) is 13.1. The van der Waals surface area contributed by atoms with Crippen molar-refractivity contribution in [3.05, 3.63) is 88.7 Å². The molecule has 4 amide bonds. The number of carboxylic acids is 1. The van der Waals surface area contributed by atoms with Crippen molar-refractivity contribution in [3.63, 3.8) is 0 Å². The number of carbonyl (C=O) groups excluding carboxylic acids is 4. The summed E-state index contributed by atoms with van der Waals surface area (Å²) in [4.78, 5) is 79.2. The number of hydrogen-bond donors (Lipinski definition) is 11. The molecule has 1 aromatic heterocycles. The molecule has 3 aromatic carbocycles. The summed E-state index contributed by atoms with van der Waals surface area (Å²) in [5, 5.41) is 55.3. The molecule has 23 nitrogen and oxygen atoms in total. The second kappa shape index (κ2) is 22.7. The first-order chi connectivity index (χ1) is 32.8. The number of nitrogens with two attached hydrogens (primary N) is 3. The average Bonchev–Trinajstić information content (AvgIpc) is 3.30. The molecule has 5 rings (SSSR count). The van der Waals surface area contributed by atoms with Crippen molar-refractivity contribution >= 4 is 39.8 Å². The van der Waals surface area contributed by atoms with E-state index in [-0.39, 0.29) is 71.0 Å². The molecule has 0 fully saturated rings. The van der Waals surface area contributed by atoms with Crippen LogP contribution in [0.25, 0.3) is 22.5 Å². The van der Waals surface area contributed by atoms with Crippen LogP contribution >= 0.6 is 0 Å². The number of aliphatic hydroxyl groups excluding tert-OH is 2. The maximum Gasteiger partial charge on any atom is 0.326 e. The van der Waals surface area contributed by atoms with Crippen LogP contribution in [-0.2, 0) is 41.2 Å². The summed E-state index contributed by atoms with van der Waals surface area (Å²) in [6, 6.07) is 7.72. The van der Waals surface area contributed by atoms with E-state index in [2.05, 4.69) is 46.7 Å². The lowest BCUT2D eigenvalue weighted by atomic mass is 9.87. The lowest BCUT2D eigenvalue weighted by Gasteiger charge is -2.33. The molecule has 0 unspecified atom stereocenters. The summed E-state index contributed by atoms with van der Waals surface area (Å²) in [6.07, 6.45) is -1.46. The summed E-state index contributed by atoms with van der Waals surface area (Å²) in [6.45, 7) is 6.88. The molecule has 6 atom stereocenters. The van der Waals surface area contributed by atoms with E-state index in [0.29, 0.717) is 17.0 Å². The standard InChI is InChI=1S/C46H60N10O13S/c1-23-33(19-50-40(52-23)26-8-10-28(11-9-26)46(3,4)5)42(61)55-35(20-51-70(49,66)67)44(63)56(6)38-27-15-32(39(59)37(16-27)69-22-30(58)18-48)31-13-25(7-12-36(31)68-21-29(57)17-47)14-34(45(64)65)54-41(60)24(2)53-43(38)62/h7-13,15-16,19,24,29-30,34-35,38,51,57-59H,14,17-18,20-22,47-48H2,1-6H3,(H,53,62)(H,54,60)(H,55,61)(H,64,65)(H2,49,66,67)/t24-,29+,30+,34-,35-,38-/m0/s1. The molecule has 378 valence electrons. The predicted octanol–water partition coefficient (Wildman–Crippen LogP) is -0.760. The lowest BCUT2D eigenvalue weighted by Crippen LogP contribution is -2.57. The Balaban J connectivity index is 1.65. The van der Waals surface area contributed by atoms with Crippen LogP contribution in [0.15, 0.2) is 60.8 Å². The van der Waals surface area contributed by atoms with Crippen molar-refractivity contribution in [3.8, 4) is 39.8 Å².